The molecular formula is C19H14Cl2FN3O2. The number of hydrogen-bond donors (Lipinski definition) is 2. The van der Waals surface area contributed by atoms with Gasteiger partial charge < -0.3 is 15.4 Å². The second kappa shape index (κ2) is 8.70. The van der Waals surface area contributed by atoms with E-state index in [9.17, 15) is 9.18 Å². The number of halogens is 3. The number of carbonyl (C=O) groups excluding carboxylic acids is 1. The van der Waals surface area contributed by atoms with Crippen LogP contribution in [-0.2, 0) is 4.79 Å². The van der Waals surface area contributed by atoms with Crippen molar-refractivity contribution in [3.05, 3.63) is 76.7 Å². The molecule has 0 saturated heterocycles. The molecule has 8 heteroatoms. The van der Waals surface area contributed by atoms with E-state index >= 15 is 0 Å². The normalized spacial score (nSPS) is 10.3. The molecule has 1 aromatic heterocycles. The Morgan fingerprint density at radius 3 is 2.52 bits per heavy atom. The van der Waals surface area contributed by atoms with Gasteiger partial charge in [0, 0.05) is 6.20 Å². The molecule has 0 atom stereocenters. The highest BCUT2D eigenvalue weighted by Crippen LogP contribution is 2.33. The van der Waals surface area contributed by atoms with Crippen molar-refractivity contribution < 1.29 is 13.9 Å². The predicted molar refractivity (Wildman–Crippen MR) is 104 cm³/mol. The summed E-state index contributed by atoms with van der Waals surface area (Å²) in [6.07, 6.45) is 1.42. The van der Waals surface area contributed by atoms with Gasteiger partial charge in [0.2, 0.25) is 11.8 Å². The Labute approximate surface area is 165 Å². The number of rotatable bonds is 6. The van der Waals surface area contributed by atoms with Gasteiger partial charge in [-0.25, -0.2) is 9.37 Å². The van der Waals surface area contributed by atoms with E-state index in [-0.39, 0.29) is 23.1 Å². The maximum Gasteiger partial charge on any atom is 0.243 e. The molecule has 27 heavy (non-hydrogen) atoms. The highest BCUT2D eigenvalue weighted by Gasteiger charge is 2.11. The van der Waals surface area contributed by atoms with Crippen molar-refractivity contribution in [3.63, 3.8) is 0 Å². The zero-order chi connectivity index (χ0) is 19.2. The molecule has 0 radical (unpaired) electrons. The minimum atomic E-state index is -0.502. The average Bonchev–Trinajstić information content (AvgIpc) is 2.65. The molecule has 0 aliphatic carbocycles. The molecule has 3 rings (SSSR count). The summed E-state index contributed by atoms with van der Waals surface area (Å²) in [5.74, 6) is -0.297. The van der Waals surface area contributed by atoms with Gasteiger partial charge in [-0.3, -0.25) is 4.79 Å². The summed E-state index contributed by atoms with van der Waals surface area (Å²) < 4.78 is 19.3. The van der Waals surface area contributed by atoms with Crippen LogP contribution in [0.4, 0.5) is 15.8 Å². The first-order chi connectivity index (χ1) is 13.0. The Hall–Kier alpha value is -2.83. The van der Waals surface area contributed by atoms with Crippen molar-refractivity contribution in [3.8, 4) is 11.6 Å². The monoisotopic (exact) mass is 405 g/mol. The van der Waals surface area contributed by atoms with Crippen LogP contribution in [0.25, 0.3) is 0 Å². The molecule has 2 aromatic carbocycles. The van der Waals surface area contributed by atoms with Gasteiger partial charge in [-0.2, -0.15) is 0 Å². The average molecular weight is 406 g/mol. The second-order valence-corrected chi connectivity index (χ2v) is 6.26. The van der Waals surface area contributed by atoms with Crippen molar-refractivity contribution in [2.45, 2.75) is 0 Å². The molecule has 0 fully saturated rings. The molecule has 138 valence electrons. The van der Waals surface area contributed by atoms with Gasteiger partial charge in [0.15, 0.2) is 5.75 Å². The lowest BCUT2D eigenvalue weighted by atomic mass is 10.3. The molecule has 0 spiro atoms. The first kappa shape index (κ1) is 18.9. The van der Waals surface area contributed by atoms with Crippen LogP contribution in [0.3, 0.4) is 0 Å². The fraction of sp³-hybridized carbons (Fsp3) is 0.0526. The highest BCUT2D eigenvalue weighted by molar-refractivity contribution is 6.35. The van der Waals surface area contributed by atoms with E-state index in [4.69, 9.17) is 27.9 Å². The van der Waals surface area contributed by atoms with Crippen LogP contribution >= 0.6 is 23.2 Å². The zero-order valence-electron chi connectivity index (χ0n) is 13.9. The highest BCUT2D eigenvalue weighted by atomic mass is 35.5. The third-order valence-electron chi connectivity index (χ3n) is 3.46. The number of pyridine rings is 1. The van der Waals surface area contributed by atoms with E-state index < -0.39 is 11.7 Å². The van der Waals surface area contributed by atoms with Crippen LogP contribution in [-0.4, -0.2) is 17.4 Å². The number of amides is 1. The summed E-state index contributed by atoms with van der Waals surface area (Å²) in [6, 6.07) is 14.4. The Morgan fingerprint density at radius 1 is 1.07 bits per heavy atom. The molecule has 0 unspecified atom stereocenters. The van der Waals surface area contributed by atoms with Crippen LogP contribution in [0.2, 0.25) is 10.0 Å². The largest absolute Gasteiger partial charge is 0.435 e. The molecule has 0 saturated carbocycles. The first-order valence-corrected chi connectivity index (χ1v) is 8.64. The van der Waals surface area contributed by atoms with Crippen LogP contribution in [0, 0.1) is 5.82 Å². The quantitative estimate of drug-likeness (QED) is 0.578. The summed E-state index contributed by atoms with van der Waals surface area (Å²) in [5.41, 5.74) is 0.667. The van der Waals surface area contributed by atoms with Crippen molar-refractivity contribution in [1.82, 2.24) is 4.98 Å². The maximum absolute atomic E-state index is 13.6. The fourth-order valence-electron chi connectivity index (χ4n) is 2.22. The number of aromatic nitrogens is 1. The van der Waals surface area contributed by atoms with E-state index in [1.807, 2.05) is 0 Å². The number of benzene rings is 2. The van der Waals surface area contributed by atoms with Gasteiger partial charge in [-0.1, -0.05) is 47.5 Å². The first-order valence-electron chi connectivity index (χ1n) is 7.89. The molecule has 1 amide bonds. The van der Waals surface area contributed by atoms with Gasteiger partial charge in [0.25, 0.3) is 0 Å². The third kappa shape index (κ3) is 5.09. The Balaban J connectivity index is 1.67. The second-order valence-electron chi connectivity index (χ2n) is 5.42. The lowest BCUT2D eigenvalue weighted by Crippen LogP contribution is -2.22. The van der Waals surface area contributed by atoms with Gasteiger partial charge in [0.1, 0.15) is 10.8 Å². The summed E-state index contributed by atoms with van der Waals surface area (Å²) in [5, 5.41) is 6.10. The molecule has 0 aliphatic rings. The van der Waals surface area contributed by atoms with Gasteiger partial charge in [0.05, 0.1) is 22.9 Å². The summed E-state index contributed by atoms with van der Waals surface area (Å²) in [6.45, 7) is -0.0868. The van der Waals surface area contributed by atoms with Crippen LogP contribution < -0.4 is 15.4 Å². The van der Waals surface area contributed by atoms with Crippen molar-refractivity contribution in [2.75, 3.05) is 17.2 Å². The number of para-hydroxylation sites is 3. The summed E-state index contributed by atoms with van der Waals surface area (Å²) >= 11 is 11.9. The molecule has 0 aliphatic heterocycles. The minimum Gasteiger partial charge on any atom is -0.435 e. The Bertz CT molecular complexity index is 969. The molecule has 1 heterocycles. The van der Waals surface area contributed by atoms with E-state index in [0.29, 0.717) is 16.5 Å². The van der Waals surface area contributed by atoms with Crippen molar-refractivity contribution in [1.29, 1.82) is 0 Å². The number of nitrogens with zero attached hydrogens (tertiary/aromatic N) is 1. The number of nitrogens with one attached hydrogen (secondary N) is 2. The van der Waals surface area contributed by atoms with Gasteiger partial charge in [-0.15, -0.1) is 0 Å². The summed E-state index contributed by atoms with van der Waals surface area (Å²) in [4.78, 5) is 16.1. The topological polar surface area (TPSA) is 63.2 Å². The number of anilines is 2. The van der Waals surface area contributed by atoms with E-state index in [2.05, 4.69) is 15.6 Å². The van der Waals surface area contributed by atoms with Gasteiger partial charge >= 0.3 is 0 Å². The molecule has 3 aromatic rings. The molecular weight excluding hydrogens is 392 g/mol. The Kier molecular flexibility index (Phi) is 6.11. The molecule has 0 bridgehead atoms. The zero-order valence-corrected chi connectivity index (χ0v) is 15.4. The molecule has 5 nitrogen and oxygen atoms in total. The van der Waals surface area contributed by atoms with Crippen LogP contribution in [0.1, 0.15) is 0 Å². The summed E-state index contributed by atoms with van der Waals surface area (Å²) in [7, 11) is 0. The van der Waals surface area contributed by atoms with Gasteiger partial charge in [-0.05, 0) is 30.3 Å². The number of carbonyl (C=O) groups is 1. The minimum absolute atomic E-state index is 0.0868. The van der Waals surface area contributed by atoms with Crippen molar-refractivity contribution >= 4 is 40.5 Å². The van der Waals surface area contributed by atoms with E-state index in [1.54, 1.807) is 36.4 Å². The van der Waals surface area contributed by atoms with Crippen LogP contribution in [0.5, 0.6) is 11.6 Å². The number of hydrogen-bond acceptors (Lipinski definition) is 4. The maximum atomic E-state index is 13.6. The standard InChI is InChI=1S/C19H14Cl2FN3O2/c20-12-9-13(21)19(24-10-12)27-17-8-4-3-7-16(17)23-11-18(26)25-15-6-2-1-5-14(15)22/h1-10,23H,11H2,(H,25,26). The molecule has 2 N–H and O–H groups in total. The van der Waals surface area contributed by atoms with Crippen molar-refractivity contribution in [2.24, 2.45) is 0 Å². The fourth-order valence-corrected chi connectivity index (χ4v) is 2.63. The lowest BCUT2D eigenvalue weighted by Gasteiger charge is -2.13. The lowest BCUT2D eigenvalue weighted by molar-refractivity contribution is -0.114. The van der Waals surface area contributed by atoms with E-state index in [0.717, 1.165) is 0 Å². The third-order valence-corrected chi connectivity index (χ3v) is 3.93. The smallest absolute Gasteiger partial charge is 0.243 e. The van der Waals surface area contributed by atoms with E-state index in [1.165, 1.54) is 24.4 Å². The van der Waals surface area contributed by atoms with Crippen LogP contribution in [0.15, 0.2) is 60.8 Å². The number of ether oxygens (including phenoxy) is 1. The predicted octanol–water partition coefficient (Wildman–Crippen LogP) is 5.37. The SMILES string of the molecule is O=C(CNc1ccccc1Oc1ncc(Cl)cc1Cl)Nc1ccccc1F. The Morgan fingerprint density at radius 2 is 1.78 bits per heavy atom.